The van der Waals surface area contributed by atoms with Crippen LogP contribution < -0.4 is 10.6 Å². The van der Waals surface area contributed by atoms with Gasteiger partial charge in [-0.15, -0.1) is 0 Å². The van der Waals surface area contributed by atoms with E-state index >= 15 is 0 Å². The van der Waals surface area contributed by atoms with Gasteiger partial charge in [-0.05, 0) is 55.0 Å². The molecule has 0 aliphatic carbocycles. The number of urea groups is 1. The summed E-state index contributed by atoms with van der Waals surface area (Å²) < 4.78 is 56.2. The average molecular weight is 384 g/mol. The SMILES string of the molecule is CCOC(=O)c1ccc(NC(=O)NCc2cc(F)cc(C(F)(F)F)c2)cc1. The third-order valence-corrected chi connectivity index (χ3v) is 3.39. The van der Waals surface area contributed by atoms with Crippen LogP contribution in [0.3, 0.4) is 0 Å². The molecule has 0 aromatic heterocycles. The largest absolute Gasteiger partial charge is 0.462 e. The number of carbonyl (C=O) groups excluding carboxylic acids is 2. The summed E-state index contributed by atoms with van der Waals surface area (Å²) in [5, 5.41) is 4.79. The lowest BCUT2D eigenvalue weighted by Crippen LogP contribution is -2.28. The number of carbonyl (C=O) groups is 2. The second-order valence-corrected chi connectivity index (χ2v) is 5.45. The Kier molecular flexibility index (Phi) is 6.38. The Bertz CT molecular complexity index is 820. The zero-order chi connectivity index (χ0) is 20.0. The van der Waals surface area contributed by atoms with Gasteiger partial charge >= 0.3 is 18.2 Å². The van der Waals surface area contributed by atoms with E-state index in [1.165, 1.54) is 24.3 Å². The Labute approximate surface area is 152 Å². The van der Waals surface area contributed by atoms with E-state index in [1.54, 1.807) is 6.92 Å². The number of esters is 1. The minimum Gasteiger partial charge on any atom is -0.462 e. The van der Waals surface area contributed by atoms with Crippen molar-refractivity contribution in [2.24, 2.45) is 0 Å². The predicted octanol–water partition coefficient (Wildman–Crippen LogP) is 4.34. The van der Waals surface area contributed by atoms with Gasteiger partial charge in [-0.25, -0.2) is 14.0 Å². The van der Waals surface area contributed by atoms with Gasteiger partial charge in [0.15, 0.2) is 0 Å². The summed E-state index contributed by atoms with van der Waals surface area (Å²) in [5.41, 5.74) is -0.498. The highest BCUT2D eigenvalue weighted by molar-refractivity contribution is 5.92. The fourth-order valence-electron chi connectivity index (χ4n) is 2.18. The Morgan fingerprint density at radius 1 is 1.07 bits per heavy atom. The van der Waals surface area contributed by atoms with E-state index in [-0.39, 0.29) is 18.7 Å². The highest BCUT2D eigenvalue weighted by atomic mass is 19.4. The van der Waals surface area contributed by atoms with Crippen molar-refractivity contribution in [1.82, 2.24) is 5.32 Å². The molecule has 0 atom stereocenters. The van der Waals surface area contributed by atoms with Crippen molar-refractivity contribution >= 4 is 17.7 Å². The molecule has 5 nitrogen and oxygen atoms in total. The molecular weight excluding hydrogens is 368 g/mol. The first-order chi connectivity index (χ1) is 12.7. The molecule has 2 aromatic carbocycles. The molecule has 0 radical (unpaired) electrons. The van der Waals surface area contributed by atoms with Gasteiger partial charge < -0.3 is 15.4 Å². The number of alkyl halides is 3. The van der Waals surface area contributed by atoms with Crippen LogP contribution in [-0.4, -0.2) is 18.6 Å². The van der Waals surface area contributed by atoms with Gasteiger partial charge in [0.1, 0.15) is 5.82 Å². The normalized spacial score (nSPS) is 11.0. The van der Waals surface area contributed by atoms with Crippen molar-refractivity contribution in [2.75, 3.05) is 11.9 Å². The molecule has 0 aliphatic rings. The van der Waals surface area contributed by atoms with Gasteiger partial charge in [-0.3, -0.25) is 0 Å². The zero-order valence-electron chi connectivity index (χ0n) is 14.2. The molecular formula is C18H16F4N2O3. The summed E-state index contributed by atoms with van der Waals surface area (Å²) in [6.45, 7) is 1.61. The maximum absolute atomic E-state index is 13.3. The summed E-state index contributed by atoms with van der Waals surface area (Å²) in [4.78, 5) is 23.4. The second kappa shape index (κ2) is 8.52. The number of anilines is 1. The number of hydrogen-bond acceptors (Lipinski definition) is 3. The van der Waals surface area contributed by atoms with Crippen LogP contribution in [0.4, 0.5) is 28.0 Å². The molecule has 9 heteroatoms. The number of benzene rings is 2. The molecule has 0 unspecified atom stereocenters. The highest BCUT2D eigenvalue weighted by Gasteiger charge is 2.31. The van der Waals surface area contributed by atoms with Gasteiger partial charge in [0.25, 0.3) is 0 Å². The standard InChI is InChI=1S/C18H16F4N2O3/c1-2-27-16(25)12-3-5-15(6-4-12)24-17(26)23-10-11-7-13(18(20,21)22)9-14(19)8-11/h3-9H,2,10H2,1H3,(H2,23,24,26). The fraction of sp³-hybridized carbons (Fsp3) is 0.222. The smallest absolute Gasteiger partial charge is 0.416 e. The van der Waals surface area contributed by atoms with Gasteiger partial charge in [0.2, 0.25) is 0 Å². The number of hydrogen-bond donors (Lipinski definition) is 2. The Morgan fingerprint density at radius 3 is 2.33 bits per heavy atom. The number of rotatable bonds is 5. The van der Waals surface area contributed by atoms with Crippen LogP contribution in [0.15, 0.2) is 42.5 Å². The van der Waals surface area contributed by atoms with Crippen LogP contribution in [0.2, 0.25) is 0 Å². The van der Waals surface area contributed by atoms with Gasteiger partial charge in [-0.1, -0.05) is 0 Å². The summed E-state index contributed by atoms with van der Waals surface area (Å²) >= 11 is 0. The average Bonchev–Trinajstić information content (AvgIpc) is 2.59. The van der Waals surface area contributed by atoms with Crippen molar-refractivity contribution in [3.05, 3.63) is 65.0 Å². The molecule has 0 aliphatic heterocycles. The second-order valence-electron chi connectivity index (χ2n) is 5.45. The minimum absolute atomic E-state index is 0.0323. The molecule has 0 saturated heterocycles. The van der Waals surface area contributed by atoms with Crippen molar-refractivity contribution in [2.45, 2.75) is 19.6 Å². The lowest BCUT2D eigenvalue weighted by Gasteiger charge is -2.11. The van der Waals surface area contributed by atoms with E-state index in [0.29, 0.717) is 17.3 Å². The topological polar surface area (TPSA) is 67.4 Å². The molecule has 144 valence electrons. The molecule has 2 rings (SSSR count). The van der Waals surface area contributed by atoms with Crippen LogP contribution in [0.25, 0.3) is 0 Å². The number of halogens is 4. The zero-order valence-corrected chi connectivity index (χ0v) is 14.2. The van der Waals surface area contributed by atoms with Gasteiger partial charge in [-0.2, -0.15) is 13.2 Å². The monoisotopic (exact) mass is 384 g/mol. The van der Waals surface area contributed by atoms with E-state index < -0.39 is 29.6 Å². The summed E-state index contributed by atoms with van der Waals surface area (Å²) in [6, 6.07) is 7.20. The Balaban J connectivity index is 1.95. The van der Waals surface area contributed by atoms with Crippen LogP contribution in [0.1, 0.15) is 28.4 Å². The third-order valence-electron chi connectivity index (χ3n) is 3.39. The van der Waals surface area contributed by atoms with Crippen LogP contribution >= 0.6 is 0 Å². The van der Waals surface area contributed by atoms with Gasteiger partial charge in [0, 0.05) is 12.2 Å². The lowest BCUT2D eigenvalue weighted by molar-refractivity contribution is -0.137. The molecule has 0 heterocycles. The van der Waals surface area contributed by atoms with E-state index in [9.17, 15) is 27.2 Å². The van der Waals surface area contributed by atoms with Crippen molar-refractivity contribution in [1.29, 1.82) is 0 Å². The number of nitrogens with one attached hydrogen (secondary N) is 2. The first-order valence-corrected chi connectivity index (χ1v) is 7.87. The van der Waals surface area contributed by atoms with E-state index in [2.05, 4.69) is 10.6 Å². The Hall–Kier alpha value is -3.10. The maximum Gasteiger partial charge on any atom is 0.416 e. The molecule has 0 saturated carbocycles. The summed E-state index contributed by atoms with van der Waals surface area (Å²) in [6.07, 6.45) is -4.68. The van der Waals surface area contributed by atoms with E-state index in [1.807, 2.05) is 0 Å². The molecule has 0 spiro atoms. The minimum atomic E-state index is -4.68. The summed E-state index contributed by atoms with van der Waals surface area (Å²) in [7, 11) is 0. The van der Waals surface area contributed by atoms with Crippen LogP contribution in [0, 0.1) is 5.82 Å². The van der Waals surface area contributed by atoms with E-state index in [0.717, 1.165) is 12.1 Å². The van der Waals surface area contributed by atoms with Crippen LogP contribution in [-0.2, 0) is 17.5 Å². The molecule has 2 aromatic rings. The third kappa shape index (κ3) is 5.98. The highest BCUT2D eigenvalue weighted by Crippen LogP contribution is 2.30. The molecule has 27 heavy (non-hydrogen) atoms. The van der Waals surface area contributed by atoms with Crippen molar-refractivity contribution < 1.29 is 31.9 Å². The number of amides is 2. The first-order valence-electron chi connectivity index (χ1n) is 7.87. The van der Waals surface area contributed by atoms with Crippen molar-refractivity contribution in [3.8, 4) is 0 Å². The lowest BCUT2D eigenvalue weighted by atomic mass is 10.1. The fourth-order valence-corrected chi connectivity index (χ4v) is 2.18. The van der Waals surface area contributed by atoms with Crippen LogP contribution in [0.5, 0.6) is 0 Å². The quantitative estimate of drug-likeness (QED) is 0.595. The predicted molar refractivity (Wildman–Crippen MR) is 89.7 cm³/mol. The molecule has 2 N–H and O–H groups in total. The van der Waals surface area contributed by atoms with E-state index in [4.69, 9.17) is 4.74 Å². The Morgan fingerprint density at radius 2 is 1.74 bits per heavy atom. The van der Waals surface area contributed by atoms with Crippen molar-refractivity contribution in [3.63, 3.8) is 0 Å². The number of ether oxygens (including phenoxy) is 1. The molecule has 0 bridgehead atoms. The first kappa shape index (κ1) is 20.2. The van der Waals surface area contributed by atoms with Gasteiger partial charge in [0.05, 0.1) is 17.7 Å². The summed E-state index contributed by atoms with van der Waals surface area (Å²) in [5.74, 6) is -1.54. The molecule has 0 fully saturated rings. The molecule has 2 amide bonds. The maximum atomic E-state index is 13.3.